The van der Waals surface area contributed by atoms with Gasteiger partial charge in [0.25, 0.3) is 0 Å². The lowest BCUT2D eigenvalue weighted by Gasteiger charge is -2.11. The molecule has 114 valence electrons. The van der Waals surface area contributed by atoms with Crippen LogP contribution in [0.5, 0.6) is 0 Å². The van der Waals surface area contributed by atoms with E-state index in [1.165, 1.54) is 16.5 Å². The van der Waals surface area contributed by atoms with Crippen LogP contribution in [0.3, 0.4) is 0 Å². The van der Waals surface area contributed by atoms with E-state index < -0.39 is 11.9 Å². The van der Waals surface area contributed by atoms with Crippen molar-refractivity contribution in [3.63, 3.8) is 0 Å². The monoisotopic (exact) mass is 292 g/mol. The smallest absolute Gasteiger partial charge is 0.414 e. The van der Waals surface area contributed by atoms with Gasteiger partial charge in [-0.3, -0.25) is 0 Å². The van der Waals surface area contributed by atoms with E-state index in [1.54, 1.807) is 0 Å². The Kier molecular flexibility index (Phi) is 5.92. The van der Waals surface area contributed by atoms with Crippen LogP contribution < -0.4 is 0 Å². The zero-order chi connectivity index (χ0) is 16.0. The molecule has 1 aromatic carbocycles. The van der Waals surface area contributed by atoms with Crippen molar-refractivity contribution in [2.24, 2.45) is 0 Å². The molecule has 6 heteroatoms. The molecular weight excluding hydrogens is 272 g/mol. The van der Waals surface area contributed by atoms with Crippen molar-refractivity contribution in [1.29, 1.82) is 0 Å². The molecule has 0 amide bonds. The molecule has 0 radical (unpaired) electrons. The maximum atomic E-state index is 9.10. The fourth-order valence-electron chi connectivity index (χ4n) is 1.88. The van der Waals surface area contributed by atoms with Gasteiger partial charge in [-0.15, -0.1) is 0 Å². The SMILES string of the molecule is Cc1cccc2c1ccn2CCN(C)C.O=C(O)C(=O)O. The molecule has 0 bridgehead atoms. The lowest BCUT2D eigenvalue weighted by molar-refractivity contribution is -0.159. The topological polar surface area (TPSA) is 82.8 Å². The third kappa shape index (κ3) is 4.92. The van der Waals surface area contributed by atoms with Gasteiger partial charge in [-0.2, -0.15) is 0 Å². The van der Waals surface area contributed by atoms with Crippen LogP contribution in [0.4, 0.5) is 0 Å². The van der Waals surface area contributed by atoms with Crippen molar-refractivity contribution < 1.29 is 19.8 Å². The normalized spacial score (nSPS) is 10.3. The summed E-state index contributed by atoms with van der Waals surface area (Å²) in [5, 5.41) is 16.2. The molecule has 1 heterocycles. The minimum atomic E-state index is -1.82. The summed E-state index contributed by atoms with van der Waals surface area (Å²) < 4.78 is 2.32. The first-order valence-corrected chi connectivity index (χ1v) is 6.48. The van der Waals surface area contributed by atoms with Crippen LogP contribution in [0.1, 0.15) is 5.56 Å². The first kappa shape index (κ1) is 16.7. The van der Waals surface area contributed by atoms with Crippen LogP contribution in [-0.4, -0.2) is 52.3 Å². The Labute approximate surface area is 123 Å². The number of fused-ring (bicyclic) bond motifs is 1. The van der Waals surface area contributed by atoms with E-state index >= 15 is 0 Å². The highest BCUT2D eigenvalue weighted by atomic mass is 16.4. The third-order valence-electron chi connectivity index (χ3n) is 3.00. The van der Waals surface area contributed by atoms with E-state index in [0.29, 0.717) is 0 Å². The number of carboxylic acid groups (broad SMARTS) is 2. The van der Waals surface area contributed by atoms with Gasteiger partial charge in [0.2, 0.25) is 0 Å². The van der Waals surface area contributed by atoms with E-state index in [2.05, 4.69) is 60.9 Å². The second-order valence-electron chi connectivity index (χ2n) is 4.93. The molecule has 0 aliphatic carbocycles. The van der Waals surface area contributed by atoms with E-state index in [9.17, 15) is 0 Å². The quantitative estimate of drug-likeness (QED) is 0.841. The molecule has 21 heavy (non-hydrogen) atoms. The average Bonchev–Trinajstić information content (AvgIpc) is 2.81. The molecule has 1 aromatic heterocycles. The molecule has 0 saturated carbocycles. The predicted octanol–water partition coefficient (Wildman–Crippen LogP) is 1.67. The summed E-state index contributed by atoms with van der Waals surface area (Å²) in [6.45, 7) is 4.30. The van der Waals surface area contributed by atoms with Crippen LogP contribution in [0, 0.1) is 6.92 Å². The van der Waals surface area contributed by atoms with E-state index in [4.69, 9.17) is 19.8 Å². The largest absolute Gasteiger partial charge is 0.473 e. The van der Waals surface area contributed by atoms with Gasteiger partial charge in [-0.05, 0) is 38.7 Å². The number of rotatable bonds is 3. The number of hydrogen-bond acceptors (Lipinski definition) is 3. The summed E-state index contributed by atoms with van der Waals surface area (Å²) in [5.74, 6) is -3.65. The van der Waals surface area contributed by atoms with Crippen molar-refractivity contribution in [3.8, 4) is 0 Å². The summed E-state index contributed by atoms with van der Waals surface area (Å²) in [4.78, 5) is 20.4. The number of benzene rings is 1. The van der Waals surface area contributed by atoms with E-state index in [1.807, 2.05) is 0 Å². The lowest BCUT2D eigenvalue weighted by atomic mass is 10.1. The van der Waals surface area contributed by atoms with Crippen molar-refractivity contribution in [1.82, 2.24) is 9.47 Å². The summed E-state index contributed by atoms with van der Waals surface area (Å²) >= 11 is 0. The Balaban J connectivity index is 0.000000315. The van der Waals surface area contributed by atoms with Gasteiger partial charge in [0, 0.05) is 30.2 Å². The van der Waals surface area contributed by atoms with Gasteiger partial charge >= 0.3 is 11.9 Å². The molecule has 2 aromatic rings. The summed E-state index contributed by atoms with van der Waals surface area (Å²) in [5.41, 5.74) is 2.70. The molecule has 0 atom stereocenters. The second-order valence-corrected chi connectivity index (χ2v) is 4.93. The molecule has 2 N–H and O–H groups in total. The first-order valence-electron chi connectivity index (χ1n) is 6.48. The Bertz CT molecular complexity index is 620. The Hall–Kier alpha value is -2.34. The van der Waals surface area contributed by atoms with Crippen LogP contribution in [-0.2, 0) is 16.1 Å². The number of aromatic nitrogens is 1. The molecular formula is C15H20N2O4. The van der Waals surface area contributed by atoms with Crippen LogP contribution >= 0.6 is 0 Å². The van der Waals surface area contributed by atoms with Crippen molar-refractivity contribution >= 4 is 22.8 Å². The van der Waals surface area contributed by atoms with E-state index in [-0.39, 0.29) is 0 Å². The molecule has 6 nitrogen and oxygen atoms in total. The standard InChI is InChI=1S/C13H18N2.C2H2O4/c1-11-5-4-6-13-12(11)7-8-15(13)10-9-14(2)3;3-1(4)2(5)6/h4-8H,9-10H2,1-3H3;(H,3,4)(H,5,6). The van der Waals surface area contributed by atoms with Crippen molar-refractivity contribution in [3.05, 3.63) is 36.0 Å². The molecule has 0 aliphatic heterocycles. The van der Waals surface area contributed by atoms with Gasteiger partial charge in [-0.1, -0.05) is 12.1 Å². The van der Waals surface area contributed by atoms with Gasteiger partial charge in [-0.25, -0.2) is 9.59 Å². The molecule has 0 aliphatic rings. The number of likely N-dealkylation sites (N-methyl/N-ethyl adjacent to an activating group) is 1. The third-order valence-corrected chi connectivity index (χ3v) is 3.00. The lowest BCUT2D eigenvalue weighted by Crippen LogP contribution is -2.17. The van der Waals surface area contributed by atoms with Gasteiger partial charge < -0.3 is 19.7 Å². The predicted molar refractivity (Wildman–Crippen MR) is 80.5 cm³/mol. The second kappa shape index (κ2) is 7.44. The zero-order valence-corrected chi connectivity index (χ0v) is 12.4. The highest BCUT2D eigenvalue weighted by molar-refractivity contribution is 6.27. The number of hydrogen-bond donors (Lipinski definition) is 2. The van der Waals surface area contributed by atoms with Crippen molar-refractivity contribution in [2.45, 2.75) is 13.5 Å². The Morgan fingerprint density at radius 3 is 2.29 bits per heavy atom. The molecule has 0 fully saturated rings. The minimum absolute atomic E-state index is 1.06. The number of aliphatic carboxylic acids is 2. The number of carbonyl (C=O) groups is 2. The number of nitrogens with zero attached hydrogens (tertiary/aromatic N) is 2. The van der Waals surface area contributed by atoms with Crippen LogP contribution in [0.15, 0.2) is 30.5 Å². The van der Waals surface area contributed by atoms with Gasteiger partial charge in [0.1, 0.15) is 0 Å². The zero-order valence-electron chi connectivity index (χ0n) is 12.4. The maximum Gasteiger partial charge on any atom is 0.414 e. The summed E-state index contributed by atoms with van der Waals surface area (Å²) in [6.07, 6.45) is 2.18. The summed E-state index contributed by atoms with van der Waals surface area (Å²) in [6, 6.07) is 8.70. The molecule has 2 rings (SSSR count). The van der Waals surface area contributed by atoms with Gasteiger partial charge in [0.05, 0.1) is 0 Å². The van der Waals surface area contributed by atoms with E-state index in [0.717, 1.165) is 13.1 Å². The first-order chi connectivity index (χ1) is 9.82. The minimum Gasteiger partial charge on any atom is -0.473 e. The Morgan fingerprint density at radius 2 is 1.76 bits per heavy atom. The van der Waals surface area contributed by atoms with Crippen molar-refractivity contribution in [2.75, 3.05) is 20.6 Å². The fraction of sp³-hybridized carbons (Fsp3) is 0.333. The van der Waals surface area contributed by atoms with Crippen LogP contribution in [0.2, 0.25) is 0 Å². The highest BCUT2D eigenvalue weighted by Crippen LogP contribution is 2.19. The number of aryl methyl sites for hydroxylation is 1. The fourth-order valence-corrected chi connectivity index (χ4v) is 1.88. The molecule has 0 spiro atoms. The highest BCUT2D eigenvalue weighted by Gasteiger charge is 2.04. The number of carboxylic acids is 2. The van der Waals surface area contributed by atoms with Crippen LogP contribution in [0.25, 0.3) is 10.9 Å². The Morgan fingerprint density at radius 1 is 1.14 bits per heavy atom. The van der Waals surface area contributed by atoms with Gasteiger partial charge in [0.15, 0.2) is 0 Å². The molecule has 0 unspecified atom stereocenters. The average molecular weight is 292 g/mol. The molecule has 0 saturated heterocycles. The summed E-state index contributed by atoms with van der Waals surface area (Å²) in [7, 11) is 4.22. The maximum absolute atomic E-state index is 9.10.